The molecule has 9 heteroatoms. The van der Waals surface area contributed by atoms with Crippen molar-refractivity contribution in [2.45, 2.75) is 0 Å². The largest absolute Gasteiger partial charge is 0.504 e. The van der Waals surface area contributed by atoms with Crippen LogP contribution in [0.5, 0.6) is 0 Å². The molecule has 3 aromatic rings. The topological polar surface area (TPSA) is 127 Å². The van der Waals surface area contributed by atoms with E-state index in [1.54, 1.807) is 0 Å². The first-order chi connectivity index (χ1) is 13.0. The van der Waals surface area contributed by atoms with E-state index in [1.165, 1.54) is 48.9 Å². The molecule has 0 saturated heterocycles. The van der Waals surface area contributed by atoms with Crippen molar-refractivity contribution >= 4 is 34.5 Å². The molecule has 0 saturated carbocycles. The molecule has 0 radical (unpaired) electrons. The molecule has 1 aromatic carbocycles. The van der Waals surface area contributed by atoms with Crippen LogP contribution in [0, 0.1) is 10.1 Å². The summed E-state index contributed by atoms with van der Waals surface area (Å²) in [7, 11) is 0. The van der Waals surface area contributed by atoms with Gasteiger partial charge >= 0.3 is 5.91 Å². The Labute approximate surface area is 150 Å². The highest BCUT2D eigenvalue weighted by atomic mass is 16.6. The van der Waals surface area contributed by atoms with E-state index in [-0.39, 0.29) is 34.0 Å². The third-order valence-electron chi connectivity index (χ3n) is 4.05. The molecule has 0 unspecified atom stereocenters. The number of hydrogen-bond donors (Lipinski definition) is 1. The Balaban J connectivity index is 1.94. The van der Waals surface area contributed by atoms with Crippen molar-refractivity contribution < 1.29 is 28.5 Å². The van der Waals surface area contributed by atoms with E-state index in [2.05, 4.69) is 0 Å². The minimum Gasteiger partial charge on any atom is -0.504 e. The molecule has 0 fully saturated rings. The Hall–Kier alpha value is -4.14. The molecule has 0 atom stereocenters. The summed E-state index contributed by atoms with van der Waals surface area (Å²) in [5.41, 5.74) is -0.365. The van der Waals surface area contributed by atoms with Crippen LogP contribution >= 0.6 is 0 Å². The van der Waals surface area contributed by atoms with Crippen molar-refractivity contribution in [2.75, 3.05) is 4.90 Å². The number of hydrogen-bond acceptors (Lipinski definition) is 7. The van der Waals surface area contributed by atoms with Crippen molar-refractivity contribution in [1.29, 1.82) is 0 Å². The molecule has 1 N–H and O–H groups in total. The quantitative estimate of drug-likeness (QED) is 0.247. The fourth-order valence-electron chi connectivity index (χ4n) is 2.84. The van der Waals surface area contributed by atoms with Crippen LogP contribution in [-0.2, 0) is 4.79 Å². The lowest BCUT2D eigenvalue weighted by molar-refractivity contribution is -0.384. The molecule has 2 amide bonds. The molecule has 9 nitrogen and oxygen atoms in total. The van der Waals surface area contributed by atoms with Gasteiger partial charge in [0.15, 0.2) is 17.3 Å². The van der Waals surface area contributed by atoms with Crippen LogP contribution < -0.4 is 4.90 Å². The summed E-state index contributed by atoms with van der Waals surface area (Å²) in [6.45, 7) is 0. The molecule has 0 bridgehead atoms. The first-order valence-corrected chi connectivity index (χ1v) is 7.67. The second-order valence-electron chi connectivity index (χ2n) is 5.58. The van der Waals surface area contributed by atoms with E-state index in [0.29, 0.717) is 0 Å². The summed E-state index contributed by atoms with van der Waals surface area (Å²) in [5.74, 6) is -2.24. The number of aliphatic hydroxyl groups excluding tert-OH is 1. The number of nitro benzene ring substituents is 1. The molecule has 1 aliphatic heterocycles. The minimum atomic E-state index is -0.846. The number of aliphatic hydroxyl groups is 1. The van der Waals surface area contributed by atoms with Gasteiger partial charge in [-0.15, -0.1) is 0 Å². The Morgan fingerprint density at radius 3 is 2.33 bits per heavy atom. The number of furan rings is 2. The van der Waals surface area contributed by atoms with Gasteiger partial charge in [-0.2, -0.15) is 0 Å². The number of anilines is 1. The summed E-state index contributed by atoms with van der Waals surface area (Å²) in [5, 5.41) is 21.6. The van der Waals surface area contributed by atoms with Gasteiger partial charge < -0.3 is 13.9 Å². The molecule has 134 valence electrons. The van der Waals surface area contributed by atoms with Crippen LogP contribution in [0.2, 0.25) is 0 Å². The second kappa shape index (κ2) is 5.99. The highest BCUT2D eigenvalue weighted by Crippen LogP contribution is 2.42. The van der Waals surface area contributed by atoms with E-state index in [9.17, 15) is 24.8 Å². The van der Waals surface area contributed by atoms with Crippen LogP contribution in [0.15, 0.2) is 63.8 Å². The maximum absolute atomic E-state index is 13.0. The highest BCUT2D eigenvalue weighted by molar-refractivity contribution is 6.44. The van der Waals surface area contributed by atoms with Gasteiger partial charge in [-0.1, -0.05) is 0 Å². The monoisotopic (exact) mass is 366 g/mol. The smallest absolute Gasteiger partial charge is 0.301 e. The van der Waals surface area contributed by atoms with Gasteiger partial charge in [0.25, 0.3) is 11.6 Å². The van der Waals surface area contributed by atoms with Crippen LogP contribution in [0.25, 0.3) is 11.3 Å². The molecule has 3 heterocycles. The number of amides is 2. The first kappa shape index (κ1) is 16.3. The molecule has 27 heavy (non-hydrogen) atoms. The fourth-order valence-corrected chi connectivity index (χ4v) is 2.84. The van der Waals surface area contributed by atoms with Gasteiger partial charge in [-0.3, -0.25) is 19.7 Å². The van der Waals surface area contributed by atoms with Crippen LogP contribution in [-0.4, -0.2) is 21.8 Å². The Kier molecular flexibility index (Phi) is 3.62. The summed E-state index contributed by atoms with van der Waals surface area (Å²) in [4.78, 5) is 36.9. The molecule has 0 aliphatic carbocycles. The summed E-state index contributed by atoms with van der Waals surface area (Å²) >= 11 is 0. The van der Waals surface area contributed by atoms with Crippen molar-refractivity contribution in [1.82, 2.24) is 0 Å². The van der Waals surface area contributed by atoms with Gasteiger partial charge in [0.1, 0.15) is 0 Å². The number of imide groups is 1. The summed E-state index contributed by atoms with van der Waals surface area (Å²) in [6, 6.07) is 9.37. The summed E-state index contributed by atoms with van der Waals surface area (Å²) in [6.07, 6.45) is 2.58. The normalized spacial score (nSPS) is 15.0. The Bertz CT molecular complexity index is 1090. The van der Waals surface area contributed by atoms with Gasteiger partial charge in [0, 0.05) is 17.7 Å². The molecular weight excluding hydrogens is 356 g/mol. The number of non-ortho nitro benzene ring substituents is 1. The van der Waals surface area contributed by atoms with Crippen LogP contribution in [0.1, 0.15) is 21.9 Å². The van der Waals surface area contributed by atoms with Crippen LogP contribution in [0.3, 0.4) is 0 Å². The molecular formula is C18H10N2O7. The second-order valence-corrected chi connectivity index (χ2v) is 5.58. The standard InChI is InChI=1S/C18H10N2O7/c21-16(13-3-1-7-26-13)15-11-6-5-10(20(24)25)9-12(11)19(18(15)23)17(22)14-4-2-8-27-14/h1-9,21H/b16-15-. The van der Waals surface area contributed by atoms with Crippen LogP contribution in [0.4, 0.5) is 11.4 Å². The number of nitro groups is 1. The summed E-state index contributed by atoms with van der Waals surface area (Å²) < 4.78 is 10.2. The number of fused-ring (bicyclic) bond motifs is 1. The Morgan fingerprint density at radius 2 is 1.74 bits per heavy atom. The minimum absolute atomic E-state index is 0.0231. The predicted molar refractivity (Wildman–Crippen MR) is 91.8 cm³/mol. The lowest BCUT2D eigenvalue weighted by atomic mass is 10.0. The first-order valence-electron chi connectivity index (χ1n) is 7.67. The lowest BCUT2D eigenvalue weighted by Crippen LogP contribution is -2.33. The number of carbonyl (C=O) groups excluding carboxylic acids is 2. The number of carbonyl (C=O) groups is 2. The van der Waals surface area contributed by atoms with Gasteiger partial charge in [0.2, 0.25) is 0 Å². The zero-order valence-electron chi connectivity index (χ0n) is 13.5. The number of nitrogens with zero attached hydrogens (tertiary/aromatic N) is 2. The molecule has 2 aromatic heterocycles. The van der Waals surface area contributed by atoms with E-state index in [1.807, 2.05) is 0 Å². The zero-order chi connectivity index (χ0) is 19.1. The molecule has 4 rings (SSSR count). The third-order valence-corrected chi connectivity index (χ3v) is 4.05. The predicted octanol–water partition coefficient (Wildman–Crippen LogP) is 3.39. The van der Waals surface area contributed by atoms with Gasteiger partial charge in [-0.05, 0) is 30.3 Å². The maximum atomic E-state index is 13.0. The van der Waals surface area contributed by atoms with E-state index in [4.69, 9.17) is 8.83 Å². The average molecular weight is 366 g/mol. The van der Waals surface area contributed by atoms with Crippen molar-refractivity contribution in [2.24, 2.45) is 0 Å². The molecule has 1 aliphatic rings. The zero-order valence-corrected chi connectivity index (χ0v) is 13.5. The maximum Gasteiger partial charge on any atom is 0.301 e. The van der Waals surface area contributed by atoms with Crippen molar-refractivity contribution in [3.8, 4) is 0 Å². The molecule has 0 spiro atoms. The Morgan fingerprint density at radius 1 is 1.07 bits per heavy atom. The van der Waals surface area contributed by atoms with Gasteiger partial charge in [-0.25, -0.2) is 4.90 Å². The highest BCUT2D eigenvalue weighted by Gasteiger charge is 2.41. The fraction of sp³-hybridized carbons (Fsp3) is 0. The van der Waals surface area contributed by atoms with Crippen molar-refractivity contribution in [3.05, 3.63) is 82.2 Å². The lowest BCUT2D eigenvalue weighted by Gasteiger charge is -2.13. The number of benzene rings is 1. The van der Waals surface area contributed by atoms with E-state index in [0.717, 1.165) is 11.0 Å². The van der Waals surface area contributed by atoms with Crippen molar-refractivity contribution in [3.63, 3.8) is 0 Å². The third kappa shape index (κ3) is 2.49. The average Bonchev–Trinajstić information content (AvgIpc) is 3.39. The van der Waals surface area contributed by atoms with E-state index >= 15 is 0 Å². The SMILES string of the molecule is O=C1/C(=C(\O)c2ccco2)c2ccc([N+](=O)[O-])cc2N1C(=O)c1ccco1. The van der Waals surface area contributed by atoms with E-state index < -0.39 is 22.5 Å². The number of rotatable bonds is 3. The van der Waals surface area contributed by atoms with Gasteiger partial charge in [0.05, 0.1) is 28.7 Å².